The Labute approximate surface area is 183 Å². The second-order valence-corrected chi connectivity index (χ2v) is 7.69. The highest BCUT2D eigenvalue weighted by Gasteiger charge is 2.23. The van der Waals surface area contributed by atoms with Gasteiger partial charge in [0, 0.05) is 26.7 Å². The normalized spacial score (nSPS) is 15.6. The molecule has 1 unspecified atom stereocenters. The van der Waals surface area contributed by atoms with E-state index >= 15 is 0 Å². The van der Waals surface area contributed by atoms with Crippen LogP contribution in [0.4, 0.5) is 0 Å². The molecule has 1 aliphatic heterocycles. The van der Waals surface area contributed by atoms with Crippen molar-refractivity contribution >= 4 is 23.5 Å². The van der Waals surface area contributed by atoms with Crippen LogP contribution in [-0.4, -0.2) is 56.5 Å². The first-order valence-corrected chi connectivity index (χ1v) is 10.8. The van der Waals surface area contributed by atoms with E-state index in [1.165, 1.54) is 18.4 Å². The first-order chi connectivity index (χ1) is 14.7. The molecule has 7 heteroatoms. The van der Waals surface area contributed by atoms with Crippen molar-refractivity contribution in [2.75, 3.05) is 39.8 Å². The molecular weight excluding hydrogens is 398 g/mol. The number of nitrogens with zero attached hydrogens (tertiary/aromatic N) is 2. The van der Waals surface area contributed by atoms with Gasteiger partial charge in [-0.25, -0.2) is 0 Å². The SMILES string of the molecule is CN=C(NCCNC(=O)c1ccccc1Cl)NCC(c1ccccc1)N1CCCC1. The number of benzene rings is 2. The summed E-state index contributed by atoms with van der Waals surface area (Å²) in [5.74, 6) is 0.547. The topological polar surface area (TPSA) is 68.8 Å². The van der Waals surface area contributed by atoms with Crippen LogP contribution < -0.4 is 16.0 Å². The van der Waals surface area contributed by atoms with Gasteiger partial charge in [-0.05, 0) is 43.6 Å². The predicted molar refractivity (Wildman–Crippen MR) is 123 cm³/mol. The fraction of sp³-hybridized carbons (Fsp3) is 0.391. The van der Waals surface area contributed by atoms with Gasteiger partial charge in [0.15, 0.2) is 5.96 Å². The Kier molecular flexibility index (Phi) is 8.53. The molecule has 1 aliphatic rings. The van der Waals surface area contributed by atoms with Crippen LogP contribution in [0.25, 0.3) is 0 Å². The van der Waals surface area contributed by atoms with Crippen LogP contribution in [0.15, 0.2) is 59.6 Å². The Hall–Kier alpha value is -2.57. The summed E-state index contributed by atoms with van der Waals surface area (Å²) >= 11 is 6.07. The average Bonchev–Trinajstić information content (AvgIpc) is 3.31. The number of carbonyl (C=O) groups is 1. The minimum Gasteiger partial charge on any atom is -0.355 e. The molecule has 1 fully saturated rings. The number of nitrogens with one attached hydrogen (secondary N) is 3. The summed E-state index contributed by atoms with van der Waals surface area (Å²) in [7, 11) is 1.75. The fourth-order valence-electron chi connectivity index (χ4n) is 3.70. The first kappa shape index (κ1) is 22.1. The maximum absolute atomic E-state index is 12.2. The minimum atomic E-state index is -0.177. The van der Waals surface area contributed by atoms with Gasteiger partial charge in [0.2, 0.25) is 0 Å². The van der Waals surface area contributed by atoms with Crippen molar-refractivity contribution in [1.82, 2.24) is 20.9 Å². The van der Waals surface area contributed by atoms with Crippen LogP contribution in [0.1, 0.15) is 34.8 Å². The number of aliphatic imine (C=N–C) groups is 1. The maximum Gasteiger partial charge on any atom is 0.252 e. The molecule has 160 valence electrons. The highest BCUT2D eigenvalue weighted by Crippen LogP contribution is 2.24. The van der Waals surface area contributed by atoms with Crippen LogP contribution in [0.3, 0.4) is 0 Å². The number of guanidine groups is 1. The minimum absolute atomic E-state index is 0.177. The van der Waals surface area contributed by atoms with Gasteiger partial charge in [-0.3, -0.25) is 14.7 Å². The summed E-state index contributed by atoms with van der Waals surface area (Å²) in [5, 5.41) is 10.0. The van der Waals surface area contributed by atoms with Gasteiger partial charge in [0.05, 0.1) is 16.6 Å². The molecule has 1 saturated heterocycles. The standard InChI is InChI=1S/C23H30ClN5O/c1-25-23(27-14-13-26-22(30)19-11-5-6-12-20(19)24)28-17-21(29-15-7-8-16-29)18-9-3-2-4-10-18/h2-6,9-12,21H,7-8,13-17H2,1H3,(H,26,30)(H2,25,27,28). The Morgan fingerprint density at radius 2 is 1.67 bits per heavy atom. The molecule has 1 heterocycles. The molecule has 1 atom stereocenters. The number of rotatable bonds is 8. The molecular formula is C23H30ClN5O. The second kappa shape index (κ2) is 11.6. The predicted octanol–water partition coefficient (Wildman–Crippen LogP) is 3.07. The molecule has 1 amide bonds. The van der Waals surface area contributed by atoms with Gasteiger partial charge >= 0.3 is 0 Å². The summed E-state index contributed by atoms with van der Waals surface area (Å²) in [4.78, 5) is 19.1. The lowest BCUT2D eigenvalue weighted by Crippen LogP contribution is -2.44. The van der Waals surface area contributed by atoms with E-state index < -0.39 is 0 Å². The monoisotopic (exact) mass is 427 g/mol. The zero-order chi connectivity index (χ0) is 21.2. The van der Waals surface area contributed by atoms with Gasteiger partial charge in [-0.2, -0.15) is 0 Å². The molecule has 0 aromatic heterocycles. The fourth-order valence-corrected chi connectivity index (χ4v) is 3.92. The quantitative estimate of drug-likeness (QED) is 0.344. The van der Waals surface area contributed by atoms with E-state index in [1.54, 1.807) is 31.3 Å². The van der Waals surface area contributed by atoms with Crippen molar-refractivity contribution < 1.29 is 4.79 Å². The molecule has 6 nitrogen and oxygen atoms in total. The molecule has 0 saturated carbocycles. The summed E-state index contributed by atoms with van der Waals surface area (Å²) in [6.45, 7) is 4.06. The number of hydrogen-bond acceptors (Lipinski definition) is 3. The van der Waals surface area contributed by atoms with E-state index in [4.69, 9.17) is 11.6 Å². The third kappa shape index (κ3) is 6.21. The van der Waals surface area contributed by atoms with Crippen LogP contribution in [0.5, 0.6) is 0 Å². The number of likely N-dealkylation sites (tertiary alicyclic amines) is 1. The van der Waals surface area contributed by atoms with Crippen molar-refractivity contribution in [2.45, 2.75) is 18.9 Å². The molecule has 3 rings (SSSR count). The van der Waals surface area contributed by atoms with Crippen molar-refractivity contribution in [3.05, 3.63) is 70.7 Å². The number of amides is 1. The first-order valence-electron chi connectivity index (χ1n) is 10.5. The van der Waals surface area contributed by atoms with Crippen LogP contribution in [-0.2, 0) is 0 Å². The van der Waals surface area contributed by atoms with Crippen molar-refractivity contribution in [2.24, 2.45) is 4.99 Å². The van der Waals surface area contributed by atoms with Crippen LogP contribution in [0.2, 0.25) is 5.02 Å². The molecule has 30 heavy (non-hydrogen) atoms. The third-order valence-corrected chi connectivity index (χ3v) is 5.60. The van der Waals surface area contributed by atoms with Crippen molar-refractivity contribution in [3.8, 4) is 0 Å². The molecule has 0 radical (unpaired) electrons. The van der Waals surface area contributed by atoms with Gasteiger partial charge in [0.1, 0.15) is 0 Å². The van der Waals surface area contributed by atoms with Crippen molar-refractivity contribution in [3.63, 3.8) is 0 Å². The number of carbonyl (C=O) groups excluding carboxylic acids is 1. The Morgan fingerprint density at radius 3 is 2.37 bits per heavy atom. The largest absolute Gasteiger partial charge is 0.355 e. The highest BCUT2D eigenvalue weighted by atomic mass is 35.5. The summed E-state index contributed by atoms with van der Waals surface area (Å²) < 4.78 is 0. The Balaban J connectivity index is 1.46. The smallest absolute Gasteiger partial charge is 0.252 e. The summed E-state index contributed by atoms with van der Waals surface area (Å²) in [5.41, 5.74) is 1.80. The summed E-state index contributed by atoms with van der Waals surface area (Å²) in [6.07, 6.45) is 2.50. The van der Waals surface area contributed by atoms with E-state index in [9.17, 15) is 4.79 Å². The van der Waals surface area contributed by atoms with E-state index in [0.29, 0.717) is 29.7 Å². The van der Waals surface area contributed by atoms with E-state index in [-0.39, 0.29) is 5.91 Å². The van der Waals surface area contributed by atoms with Crippen LogP contribution >= 0.6 is 11.6 Å². The lowest BCUT2D eigenvalue weighted by Gasteiger charge is -2.29. The van der Waals surface area contributed by atoms with E-state index in [0.717, 1.165) is 25.6 Å². The zero-order valence-electron chi connectivity index (χ0n) is 17.4. The summed E-state index contributed by atoms with van der Waals surface area (Å²) in [6, 6.07) is 18.0. The van der Waals surface area contributed by atoms with E-state index in [2.05, 4.69) is 56.2 Å². The number of halogens is 1. The maximum atomic E-state index is 12.2. The lowest BCUT2D eigenvalue weighted by molar-refractivity contribution is 0.0954. The molecule has 0 bridgehead atoms. The van der Waals surface area contributed by atoms with Gasteiger partial charge in [-0.15, -0.1) is 0 Å². The number of hydrogen-bond donors (Lipinski definition) is 3. The Morgan fingerprint density at radius 1 is 1.00 bits per heavy atom. The zero-order valence-corrected chi connectivity index (χ0v) is 18.2. The van der Waals surface area contributed by atoms with Crippen molar-refractivity contribution in [1.29, 1.82) is 0 Å². The second-order valence-electron chi connectivity index (χ2n) is 7.29. The Bertz CT molecular complexity index is 836. The van der Waals surface area contributed by atoms with Crippen LogP contribution in [0, 0.1) is 0 Å². The molecule has 2 aromatic rings. The average molecular weight is 428 g/mol. The molecule has 0 aliphatic carbocycles. The highest BCUT2D eigenvalue weighted by molar-refractivity contribution is 6.33. The van der Waals surface area contributed by atoms with Gasteiger partial charge in [-0.1, -0.05) is 54.1 Å². The van der Waals surface area contributed by atoms with E-state index in [1.807, 2.05) is 0 Å². The molecule has 2 aromatic carbocycles. The molecule has 0 spiro atoms. The van der Waals surface area contributed by atoms with Gasteiger partial charge in [0.25, 0.3) is 5.91 Å². The third-order valence-electron chi connectivity index (χ3n) is 5.27. The molecule has 3 N–H and O–H groups in total. The van der Waals surface area contributed by atoms with Gasteiger partial charge < -0.3 is 16.0 Å². The lowest BCUT2D eigenvalue weighted by atomic mass is 10.1.